The SMILES string of the molecule is O=C(c1cn(Cc2ccc(F)cc2Cl)nn1)N1CCC(c2ccccc2F)C1. The normalized spacial score (nSPS) is 16.5. The second kappa shape index (κ2) is 7.67. The van der Waals surface area contributed by atoms with E-state index >= 15 is 0 Å². The van der Waals surface area contributed by atoms with E-state index in [1.54, 1.807) is 35.4 Å². The molecule has 1 fully saturated rings. The molecule has 2 heterocycles. The van der Waals surface area contributed by atoms with Crippen LogP contribution < -0.4 is 0 Å². The number of likely N-dealkylation sites (tertiary alicyclic amines) is 1. The molecule has 0 spiro atoms. The molecule has 1 unspecified atom stereocenters. The lowest BCUT2D eigenvalue weighted by Gasteiger charge is -2.15. The van der Waals surface area contributed by atoms with Gasteiger partial charge in [0, 0.05) is 24.0 Å². The van der Waals surface area contributed by atoms with Gasteiger partial charge in [-0.05, 0) is 35.7 Å². The first-order chi connectivity index (χ1) is 13.5. The second-order valence-corrected chi connectivity index (χ2v) is 7.20. The van der Waals surface area contributed by atoms with Crippen LogP contribution in [0.15, 0.2) is 48.7 Å². The molecule has 1 aliphatic rings. The van der Waals surface area contributed by atoms with Crippen LogP contribution in [0.3, 0.4) is 0 Å². The van der Waals surface area contributed by atoms with Crippen LogP contribution in [0.5, 0.6) is 0 Å². The lowest BCUT2D eigenvalue weighted by atomic mass is 9.98. The minimum absolute atomic E-state index is 0.0294. The maximum Gasteiger partial charge on any atom is 0.276 e. The molecule has 0 N–H and O–H groups in total. The molecule has 1 aromatic heterocycles. The highest BCUT2D eigenvalue weighted by Gasteiger charge is 2.30. The highest BCUT2D eigenvalue weighted by molar-refractivity contribution is 6.31. The van der Waals surface area contributed by atoms with Gasteiger partial charge in [-0.25, -0.2) is 13.5 Å². The van der Waals surface area contributed by atoms with Crippen LogP contribution in [-0.4, -0.2) is 38.9 Å². The number of hydrogen-bond donors (Lipinski definition) is 0. The van der Waals surface area contributed by atoms with Crippen LogP contribution in [0.1, 0.15) is 34.0 Å². The minimum Gasteiger partial charge on any atom is -0.337 e. The molecule has 3 aromatic rings. The molecule has 1 saturated heterocycles. The zero-order chi connectivity index (χ0) is 19.7. The lowest BCUT2D eigenvalue weighted by Crippen LogP contribution is -2.28. The summed E-state index contributed by atoms with van der Waals surface area (Å²) in [6.45, 7) is 1.25. The highest BCUT2D eigenvalue weighted by Crippen LogP contribution is 2.29. The molecule has 0 aliphatic carbocycles. The van der Waals surface area contributed by atoms with Gasteiger partial charge in [-0.1, -0.05) is 41.1 Å². The summed E-state index contributed by atoms with van der Waals surface area (Å²) in [7, 11) is 0. The highest BCUT2D eigenvalue weighted by atomic mass is 35.5. The quantitative estimate of drug-likeness (QED) is 0.665. The smallest absolute Gasteiger partial charge is 0.276 e. The van der Waals surface area contributed by atoms with Crippen molar-refractivity contribution in [2.24, 2.45) is 0 Å². The Labute approximate surface area is 165 Å². The average molecular weight is 403 g/mol. The summed E-state index contributed by atoms with van der Waals surface area (Å²) in [6.07, 6.45) is 2.24. The molecule has 5 nitrogen and oxygen atoms in total. The van der Waals surface area contributed by atoms with Crippen molar-refractivity contribution >= 4 is 17.5 Å². The minimum atomic E-state index is -0.415. The van der Waals surface area contributed by atoms with Crippen LogP contribution in [0, 0.1) is 11.6 Å². The van der Waals surface area contributed by atoms with E-state index in [2.05, 4.69) is 10.3 Å². The van der Waals surface area contributed by atoms with E-state index in [0.717, 1.165) is 0 Å². The number of carbonyl (C=O) groups is 1. The van der Waals surface area contributed by atoms with E-state index in [-0.39, 0.29) is 34.9 Å². The summed E-state index contributed by atoms with van der Waals surface area (Å²) in [5.74, 6) is -0.931. The van der Waals surface area contributed by atoms with Crippen LogP contribution in [-0.2, 0) is 6.54 Å². The Morgan fingerprint density at radius 3 is 2.82 bits per heavy atom. The number of halogens is 3. The fourth-order valence-electron chi connectivity index (χ4n) is 3.46. The molecule has 0 radical (unpaired) electrons. The number of hydrogen-bond acceptors (Lipinski definition) is 3. The zero-order valence-corrected chi connectivity index (χ0v) is 15.6. The Balaban J connectivity index is 1.44. The van der Waals surface area contributed by atoms with Crippen molar-refractivity contribution in [1.82, 2.24) is 19.9 Å². The molecule has 4 rings (SSSR count). The fraction of sp³-hybridized carbons (Fsp3) is 0.250. The van der Waals surface area contributed by atoms with Gasteiger partial charge in [-0.15, -0.1) is 5.10 Å². The predicted molar refractivity (Wildman–Crippen MR) is 100 cm³/mol. The molecular formula is C20H17ClF2N4O. The number of aromatic nitrogens is 3. The number of nitrogens with zero attached hydrogens (tertiary/aromatic N) is 4. The van der Waals surface area contributed by atoms with Gasteiger partial charge in [0.2, 0.25) is 0 Å². The summed E-state index contributed by atoms with van der Waals surface area (Å²) in [4.78, 5) is 14.4. The van der Waals surface area contributed by atoms with Crippen LogP contribution >= 0.6 is 11.6 Å². The summed E-state index contributed by atoms with van der Waals surface area (Å²) >= 11 is 6.03. The number of amides is 1. The van der Waals surface area contributed by atoms with Gasteiger partial charge in [-0.3, -0.25) is 4.79 Å². The third kappa shape index (κ3) is 3.75. The van der Waals surface area contributed by atoms with Gasteiger partial charge < -0.3 is 4.90 Å². The van der Waals surface area contributed by atoms with Crippen molar-refractivity contribution in [3.63, 3.8) is 0 Å². The third-order valence-corrected chi connectivity index (χ3v) is 5.28. The van der Waals surface area contributed by atoms with Gasteiger partial charge in [0.05, 0.1) is 12.7 Å². The summed E-state index contributed by atoms with van der Waals surface area (Å²) in [5, 5.41) is 8.20. The molecule has 1 aliphatic heterocycles. The Morgan fingerprint density at radius 2 is 2.04 bits per heavy atom. The first-order valence-corrected chi connectivity index (χ1v) is 9.27. The topological polar surface area (TPSA) is 51.0 Å². The van der Waals surface area contributed by atoms with Gasteiger partial charge in [0.1, 0.15) is 11.6 Å². The monoisotopic (exact) mass is 402 g/mol. The summed E-state index contributed by atoms with van der Waals surface area (Å²) in [5.41, 5.74) is 1.52. The van der Waals surface area contributed by atoms with Gasteiger partial charge in [0.15, 0.2) is 5.69 Å². The second-order valence-electron chi connectivity index (χ2n) is 6.80. The van der Waals surface area contributed by atoms with Gasteiger partial charge in [0.25, 0.3) is 5.91 Å². The molecular weight excluding hydrogens is 386 g/mol. The van der Waals surface area contributed by atoms with Crippen LogP contribution in [0.4, 0.5) is 8.78 Å². The Morgan fingerprint density at radius 1 is 1.21 bits per heavy atom. The number of carbonyl (C=O) groups excluding carboxylic acids is 1. The maximum absolute atomic E-state index is 14.0. The van der Waals surface area contributed by atoms with E-state index in [1.165, 1.54) is 22.9 Å². The van der Waals surface area contributed by atoms with Crippen molar-refractivity contribution < 1.29 is 13.6 Å². The Bertz CT molecular complexity index is 1020. The van der Waals surface area contributed by atoms with Crippen molar-refractivity contribution in [2.75, 3.05) is 13.1 Å². The number of rotatable bonds is 4. The standard InChI is InChI=1S/C20H17ClF2N4O/c21-17-9-15(22)6-5-14(17)11-27-12-19(24-25-27)20(28)26-8-7-13(10-26)16-3-1-2-4-18(16)23/h1-6,9,12-13H,7-8,10-11H2. The van der Waals surface area contributed by atoms with Crippen molar-refractivity contribution in [3.05, 3.63) is 82.1 Å². The van der Waals surface area contributed by atoms with Crippen molar-refractivity contribution in [1.29, 1.82) is 0 Å². The fourth-order valence-corrected chi connectivity index (χ4v) is 3.69. The van der Waals surface area contributed by atoms with Crippen molar-refractivity contribution in [3.8, 4) is 0 Å². The third-order valence-electron chi connectivity index (χ3n) is 4.93. The molecule has 0 bridgehead atoms. The average Bonchev–Trinajstić information content (AvgIpc) is 3.34. The molecule has 28 heavy (non-hydrogen) atoms. The van der Waals surface area contributed by atoms with E-state index in [0.29, 0.717) is 30.6 Å². The molecule has 144 valence electrons. The number of benzene rings is 2. The summed E-state index contributed by atoms with van der Waals surface area (Å²) < 4.78 is 28.6. The first kappa shape index (κ1) is 18.6. The molecule has 0 saturated carbocycles. The Kier molecular flexibility index (Phi) is 5.09. The van der Waals surface area contributed by atoms with Crippen LogP contribution in [0.2, 0.25) is 5.02 Å². The van der Waals surface area contributed by atoms with E-state index in [9.17, 15) is 13.6 Å². The van der Waals surface area contributed by atoms with E-state index < -0.39 is 5.82 Å². The molecule has 8 heteroatoms. The zero-order valence-electron chi connectivity index (χ0n) is 14.9. The largest absolute Gasteiger partial charge is 0.337 e. The maximum atomic E-state index is 14.0. The molecule has 1 atom stereocenters. The Hall–Kier alpha value is -2.80. The first-order valence-electron chi connectivity index (χ1n) is 8.89. The lowest BCUT2D eigenvalue weighted by molar-refractivity contribution is 0.0784. The molecule has 1 amide bonds. The van der Waals surface area contributed by atoms with Crippen LogP contribution in [0.25, 0.3) is 0 Å². The van der Waals surface area contributed by atoms with E-state index in [1.807, 2.05) is 0 Å². The van der Waals surface area contributed by atoms with E-state index in [4.69, 9.17) is 11.6 Å². The predicted octanol–water partition coefficient (Wildman–Crippen LogP) is 3.89. The van der Waals surface area contributed by atoms with Gasteiger partial charge >= 0.3 is 0 Å². The van der Waals surface area contributed by atoms with Gasteiger partial charge in [-0.2, -0.15) is 0 Å². The molecule has 2 aromatic carbocycles. The summed E-state index contributed by atoms with van der Waals surface area (Å²) in [6, 6.07) is 10.8. The van der Waals surface area contributed by atoms with Crippen molar-refractivity contribution in [2.45, 2.75) is 18.9 Å².